The van der Waals surface area contributed by atoms with Crippen molar-refractivity contribution in [2.45, 2.75) is 13.3 Å². The molecule has 0 aliphatic heterocycles. The molecule has 0 aliphatic rings. The molecule has 1 aromatic carbocycles. The molecule has 4 N–H and O–H groups in total. The minimum Gasteiger partial charge on any atom is -0.480 e. The first kappa shape index (κ1) is 16.9. The lowest BCUT2D eigenvalue weighted by atomic mass is 10.2. The van der Waals surface area contributed by atoms with Crippen molar-refractivity contribution >= 4 is 27.8 Å². The van der Waals surface area contributed by atoms with Gasteiger partial charge in [-0.15, -0.1) is 0 Å². The predicted molar refractivity (Wildman–Crippen MR) is 77.2 cm³/mol. The first-order valence-electron chi connectivity index (χ1n) is 6.21. The maximum atomic E-state index is 11.6. The summed E-state index contributed by atoms with van der Waals surface area (Å²) in [5, 5.41) is 10.7. The molecule has 21 heavy (non-hydrogen) atoms. The summed E-state index contributed by atoms with van der Waals surface area (Å²) in [5.41, 5.74) is 0.536. The van der Waals surface area contributed by atoms with E-state index in [1.54, 1.807) is 0 Å². The third kappa shape index (κ3) is 6.23. The van der Waals surface area contributed by atoms with Crippen LogP contribution in [0.3, 0.4) is 0 Å². The number of amides is 1. The van der Waals surface area contributed by atoms with E-state index >= 15 is 0 Å². The van der Waals surface area contributed by atoms with Crippen LogP contribution in [0.5, 0.6) is 0 Å². The van der Waals surface area contributed by atoms with Gasteiger partial charge in [0.05, 0.1) is 0 Å². The summed E-state index contributed by atoms with van der Waals surface area (Å²) in [7, 11) is -3.63. The molecule has 0 saturated heterocycles. The average molecular weight is 315 g/mol. The maximum absolute atomic E-state index is 11.6. The summed E-state index contributed by atoms with van der Waals surface area (Å²) < 4.78 is 27.8. The Labute approximate surface area is 122 Å². The van der Waals surface area contributed by atoms with Crippen LogP contribution in [0.1, 0.15) is 23.7 Å². The number of carboxylic acids is 1. The molecule has 0 unspecified atom stereocenters. The quantitative estimate of drug-likeness (QED) is 0.544. The third-order valence-corrected chi connectivity index (χ3v) is 3.43. The molecule has 0 bridgehead atoms. The minimum absolute atomic E-state index is 0.237. The normalized spacial score (nSPS) is 10.9. The highest BCUT2D eigenvalue weighted by Gasteiger charge is 2.10. The molecule has 8 nitrogen and oxygen atoms in total. The Kier molecular flexibility index (Phi) is 6.12. The Hall–Kier alpha value is -2.13. The fourth-order valence-electron chi connectivity index (χ4n) is 1.38. The van der Waals surface area contributed by atoms with E-state index in [0.717, 1.165) is 0 Å². The number of hydrogen-bond acceptors (Lipinski definition) is 4. The van der Waals surface area contributed by atoms with Crippen LogP contribution >= 0.6 is 0 Å². The Morgan fingerprint density at radius 3 is 2.33 bits per heavy atom. The first-order chi connectivity index (χ1) is 9.84. The molecule has 9 heteroatoms. The summed E-state index contributed by atoms with van der Waals surface area (Å²) in [5.74, 6) is -1.69. The highest BCUT2D eigenvalue weighted by Crippen LogP contribution is 2.10. The number of nitrogens with one attached hydrogen (secondary N) is 3. The number of anilines is 1. The zero-order chi connectivity index (χ0) is 15.9. The van der Waals surface area contributed by atoms with Crippen LogP contribution in [0.15, 0.2) is 24.3 Å². The van der Waals surface area contributed by atoms with Gasteiger partial charge in [0.1, 0.15) is 6.54 Å². The van der Waals surface area contributed by atoms with Gasteiger partial charge < -0.3 is 10.4 Å². The fourth-order valence-corrected chi connectivity index (χ4v) is 2.37. The average Bonchev–Trinajstić information content (AvgIpc) is 2.43. The monoisotopic (exact) mass is 315 g/mol. The first-order valence-corrected chi connectivity index (χ1v) is 7.70. The zero-order valence-corrected chi connectivity index (χ0v) is 12.2. The molecule has 1 amide bonds. The lowest BCUT2D eigenvalue weighted by Crippen LogP contribution is -2.31. The van der Waals surface area contributed by atoms with E-state index in [2.05, 4.69) is 14.8 Å². The maximum Gasteiger partial charge on any atom is 0.322 e. The topological polar surface area (TPSA) is 125 Å². The Balaban J connectivity index is 2.65. The number of rotatable bonds is 8. The van der Waals surface area contributed by atoms with E-state index < -0.39 is 28.6 Å². The summed E-state index contributed by atoms with van der Waals surface area (Å²) >= 11 is 0. The number of carbonyl (C=O) groups is 2. The van der Waals surface area contributed by atoms with Gasteiger partial charge in [0.25, 0.3) is 16.1 Å². The molecule has 1 aromatic rings. The molecule has 0 aliphatic carbocycles. The second-order valence-electron chi connectivity index (χ2n) is 4.15. The van der Waals surface area contributed by atoms with Gasteiger partial charge in [0.15, 0.2) is 0 Å². The van der Waals surface area contributed by atoms with Crippen LogP contribution in [-0.4, -0.2) is 38.5 Å². The molecule has 0 radical (unpaired) electrons. The van der Waals surface area contributed by atoms with Gasteiger partial charge in [-0.3, -0.25) is 14.3 Å². The van der Waals surface area contributed by atoms with Crippen LogP contribution in [0.25, 0.3) is 0 Å². The number of aliphatic carboxylic acids is 1. The van der Waals surface area contributed by atoms with Crippen molar-refractivity contribution in [3.8, 4) is 0 Å². The van der Waals surface area contributed by atoms with Gasteiger partial charge >= 0.3 is 5.97 Å². The summed E-state index contributed by atoms with van der Waals surface area (Å²) in [6.07, 6.45) is 0.670. The molecule has 0 saturated carbocycles. The van der Waals surface area contributed by atoms with Gasteiger partial charge in [-0.1, -0.05) is 6.92 Å². The van der Waals surface area contributed by atoms with Gasteiger partial charge in [-0.2, -0.15) is 13.1 Å². The van der Waals surface area contributed by atoms with Crippen LogP contribution in [-0.2, 0) is 15.0 Å². The highest BCUT2D eigenvalue weighted by atomic mass is 32.2. The van der Waals surface area contributed by atoms with Gasteiger partial charge in [0, 0.05) is 17.8 Å². The van der Waals surface area contributed by atoms with Crippen molar-refractivity contribution < 1.29 is 23.1 Å². The molecule has 116 valence electrons. The van der Waals surface area contributed by atoms with E-state index in [1.807, 2.05) is 6.92 Å². The molecule has 0 fully saturated rings. The summed E-state index contributed by atoms with van der Waals surface area (Å²) in [6, 6.07) is 5.63. The number of benzene rings is 1. The summed E-state index contributed by atoms with van der Waals surface area (Å²) in [4.78, 5) is 21.9. The number of carboxylic acid groups (broad SMARTS) is 1. The third-order valence-electron chi connectivity index (χ3n) is 2.34. The zero-order valence-electron chi connectivity index (χ0n) is 11.4. The Morgan fingerprint density at radius 2 is 1.81 bits per heavy atom. The van der Waals surface area contributed by atoms with E-state index in [4.69, 9.17) is 5.11 Å². The Morgan fingerprint density at radius 1 is 1.19 bits per heavy atom. The van der Waals surface area contributed by atoms with Crippen molar-refractivity contribution in [3.63, 3.8) is 0 Å². The summed E-state index contributed by atoms with van der Waals surface area (Å²) in [6.45, 7) is 1.69. The van der Waals surface area contributed by atoms with Crippen LogP contribution in [0.4, 0.5) is 5.69 Å². The van der Waals surface area contributed by atoms with Crippen LogP contribution in [0, 0.1) is 0 Å². The standard InChI is InChI=1S/C12H17N3O5S/c1-2-7-14-21(19,20)15-10-5-3-9(4-6-10)12(18)13-8-11(16)17/h3-6,14-15H,2,7-8H2,1H3,(H,13,18)(H,16,17). The molecular formula is C12H17N3O5S. The largest absolute Gasteiger partial charge is 0.480 e. The van der Waals surface area contributed by atoms with Gasteiger partial charge in [-0.25, -0.2) is 0 Å². The highest BCUT2D eigenvalue weighted by molar-refractivity contribution is 7.90. The predicted octanol–water partition coefficient (Wildman–Crippen LogP) is 0.157. The van der Waals surface area contributed by atoms with Crippen LogP contribution in [0.2, 0.25) is 0 Å². The van der Waals surface area contributed by atoms with Gasteiger partial charge in [-0.05, 0) is 30.7 Å². The molecular weight excluding hydrogens is 298 g/mol. The molecule has 0 aromatic heterocycles. The van der Waals surface area contributed by atoms with Crippen molar-refractivity contribution in [2.24, 2.45) is 0 Å². The van der Waals surface area contributed by atoms with E-state index in [0.29, 0.717) is 18.7 Å². The number of carbonyl (C=O) groups excluding carboxylic acids is 1. The minimum atomic E-state index is -3.63. The van der Waals surface area contributed by atoms with E-state index in [9.17, 15) is 18.0 Å². The van der Waals surface area contributed by atoms with Crippen molar-refractivity contribution in [3.05, 3.63) is 29.8 Å². The van der Waals surface area contributed by atoms with Gasteiger partial charge in [0.2, 0.25) is 0 Å². The second kappa shape index (κ2) is 7.60. The molecule has 0 heterocycles. The molecule has 0 spiro atoms. The van der Waals surface area contributed by atoms with Crippen molar-refractivity contribution in [1.29, 1.82) is 0 Å². The van der Waals surface area contributed by atoms with E-state index in [-0.39, 0.29) is 5.56 Å². The SMILES string of the molecule is CCCNS(=O)(=O)Nc1ccc(C(=O)NCC(=O)O)cc1. The Bertz CT molecular complexity index is 598. The van der Waals surface area contributed by atoms with Crippen molar-refractivity contribution in [2.75, 3.05) is 17.8 Å². The van der Waals surface area contributed by atoms with Crippen molar-refractivity contribution in [1.82, 2.24) is 10.0 Å². The van der Waals surface area contributed by atoms with Crippen LogP contribution < -0.4 is 14.8 Å². The van der Waals surface area contributed by atoms with E-state index in [1.165, 1.54) is 24.3 Å². The number of hydrogen-bond donors (Lipinski definition) is 4. The molecule has 1 rings (SSSR count). The lowest BCUT2D eigenvalue weighted by Gasteiger charge is -2.09. The lowest BCUT2D eigenvalue weighted by molar-refractivity contribution is -0.135. The second-order valence-corrected chi connectivity index (χ2v) is 5.65. The fraction of sp³-hybridized carbons (Fsp3) is 0.333. The molecule has 0 atom stereocenters. The smallest absolute Gasteiger partial charge is 0.322 e.